The Morgan fingerprint density at radius 3 is 1.77 bits per heavy atom. The Bertz CT molecular complexity index is 1280. The van der Waals surface area contributed by atoms with Gasteiger partial charge in [-0.3, -0.25) is 0 Å². The highest BCUT2D eigenvalue weighted by Crippen LogP contribution is 2.30. The summed E-state index contributed by atoms with van der Waals surface area (Å²) in [5.74, 6) is 0.195. The van der Waals surface area contributed by atoms with Crippen molar-refractivity contribution in [3.8, 4) is 16.9 Å². The first-order valence-corrected chi connectivity index (χ1v) is 12.4. The van der Waals surface area contributed by atoms with Crippen molar-refractivity contribution in [2.45, 2.75) is 15.0 Å². The molecule has 0 amide bonds. The molecule has 1 heterocycles. The number of halogens is 1. The topological polar surface area (TPSA) is 80.8 Å². The summed E-state index contributed by atoms with van der Waals surface area (Å²) in [5, 5.41) is -0.855. The second-order valence-electron chi connectivity index (χ2n) is 7.20. The van der Waals surface area contributed by atoms with Crippen LogP contribution in [0.5, 0.6) is 5.75 Å². The zero-order valence-electron chi connectivity index (χ0n) is 16.6. The minimum atomic E-state index is -3.81. The Balaban J connectivity index is 1.47. The quantitative estimate of drug-likeness (QED) is 0.526. The third-order valence-corrected chi connectivity index (χ3v) is 9.26. The molecule has 1 aliphatic rings. The van der Waals surface area contributed by atoms with Crippen molar-refractivity contribution in [1.29, 1.82) is 0 Å². The molecule has 6 nitrogen and oxygen atoms in total. The number of sulfonamides is 1. The summed E-state index contributed by atoms with van der Waals surface area (Å²) in [6, 6.07) is 18.4. The zero-order chi connectivity index (χ0) is 22.2. The molecule has 0 spiro atoms. The molecule has 0 radical (unpaired) electrons. The lowest BCUT2D eigenvalue weighted by Gasteiger charge is -2.37. The van der Waals surface area contributed by atoms with Gasteiger partial charge in [-0.1, -0.05) is 24.3 Å². The van der Waals surface area contributed by atoms with Crippen LogP contribution in [0.2, 0.25) is 0 Å². The Hall–Kier alpha value is -2.75. The molecule has 0 unspecified atom stereocenters. The number of benzene rings is 3. The van der Waals surface area contributed by atoms with Gasteiger partial charge in [0, 0.05) is 13.1 Å². The molecule has 3 aromatic carbocycles. The lowest BCUT2D eigenvalue weighted by molar-refractivity contribution is 0.309. The van der Waals surface area contributed by atoms with Gasteiger partial charge in [0.15, 0.2) is 9.84 Å². The highest BCUT2D eigenvalue weighted by atomic mass is 32.2. The summed E-state index contributed by atoms with van der Waals surface area (Å²) in [4.78, 5) is 0.0854. The summed E-state index contributed by atoms with van der Waals surface area (Å²) in [5.41, 5.74) is 1.76. The van der Waals surface area contributed by atoms with E-state index in [1.54, 1.807) is 19.2 Å². The number of hydrogen-bond donors (Lipinski definition) is 0. The third-order valence-electron chi connectivity index (χ3n) is 5.31. The van der Waals surface area contributed by atoms with Crippen molar-refractivity contribution in [3.63, 3.8) is 0 Å². The smallest absolute Gasteiger partial charge is 0.243 e. The van der Waals surface area contributed by atoms with E-state index in [-0.39, 0.29) is 22.9 Å². The number of ether oxygens (including phenoxy) is 1. The van der Waals surface area contributed by atoms with E-state index in [0.29, 0.717) is 0 Å². The van der Waals surface area contributed by atoms with Gasteiger partial charge in [0.05, 0.1) is 22.2 Å². The van der Waals surface area contributed by atoms with Crippen LogP contribution in [0.3, 0.4) is 0 Å². The van der Waals surface area contributed by atoms with Crippen LogP contribution >= 0.6 is 0 Å². The van der Waals surface area contributed by atoms with Crippen molar-refractivity contribution in [2.75, 3.05) is 20.2 Å². The zero-order valence-corrected chi connectivity index (χ0v) is 18.2. The Morgan fingerprint density at radius 2 is 1.26 bits per heavy atom. The van der Waals surface area contributed by atoms with Crippen LogP contribution in [0.25, 0.3) is 11.1 Å². The van der Waals surface area contributed by atoms with E-state index in [1.165, 1.54) is 24.3 Å². The van der Waals surface area contributed by atoms with Gasteiger partial charge in [0.25, 0.3) is 0 Å². The molecule has 31 heavy (non-hydrogen) atoms. The molecule has 0 saturated carbocycles. The maximum absolute atomic E-state index is 13.1. The van der Waals surface area contributed by atoms with Crippen molar-refractivity contribution in [2.24, 2.45) is 0 Å². The van der Waals surface area contributed by atoms with E-state index in [0.717, 1.165) is 33.3 Å². The first-order chi connectivity index (χ1) is 14.7. The van der Waals surface area contributed by atoms with Crippen LogP contribution < -0.4 is 4.74 Å². The molecule has 0 atom stereocenters. The molecule has 0 aliphatic carbocycles. The molecular formula is C22H20FNO5S2. The number of rotatable bonds is 6. The first-order valence-electron chi connectivity index (χ1n) is 9.46. The third kappa shape index (κ3) is 4.08. The minimum absolute atomic E-state index is 0.0141. The van der Waals surface area contributed by atoms with Crippen molar-refractivity contribution >= 4 is 19.9 Å². The van der Waals surface area contributed by atoms with Gasteiger partial charge in [0.1, 0.15) is 11.6 Å². The minimum Gasteiger partial charge on any atom is -0.497 e. The fourth-order valence-electron chi connectivity index (χ4n) is 3.36. The largest absolute Gasteiger partial charge is 0.497 e. The maximum atomic E-state index is 13.1. The summed E-state index contributed by atoms with van der Waals surface area (Å²) in [6.07, 6.45) is 0. The SMILES string of the molecule is COc1ccc(-c2ccc(S(=O)(=O)N3CC(S(=O)(=O)c4ccc(F)cc4)C3)cc2)cc1. The average Bonchev–Trinajstić information content (AvgIpc) is 2.73. The molecule has 0 N–H and O–H groups in total. The summed E-state index contributed by atoms with van der Waals surface area (Å²) >= 11 is 0. The van der Waals surface area contributed by atoms with Crippen LogP contribution in [0.15, 0.2) is 82.6 Å². The number of hydrogen-bond acceptors (Lipinski definition) is 5. The van der Waals surface area contributed by atoms with Gasteiger partial charge in [-0.25, -0.2) is 21.2 Å². The van der Waals surface area contributed by atoms with Gasteiger partial charge < -0.3 is 4.74 Å². The van der Waals surface area contributed by atoms with E-state index in [2.05, 4.69) is 0 Å². The van der Waals surface area contributed by atoms with Crippen LogP contribution in [-0.2, 0) is 19.9 Å². The second kappa shape index (κ2) is 8.07. The fraction of sp³-hybridized carbons (Fsp3) is 0.182. The number of nitrogens with zero attached hydrogens (tertiary/aromatic N) is 1. The number of sulfone groups is 1. The normalized spacial score (nSPS) is 15.4. The van der Waals surface area contributed by atoms with E-state index < -0.39 is 30.9 Å². The summed E-state index contributed by atoms with van der Waals surface area (Å²) < 4.78 is 70.3. The van der Waals surface area contributed by atoms with Gasteiger partial charge in [0.2, 0.25) is 10.0 Å². The van der Waals surface area contributed by atoms with Crippen molar-refractivity contribution < 1.29 is 26.0 Å². The van der Waals surface area contributed by atoms with Gasteiger partial charge in [-0.2, -0.15) is 4.31 Å². The number of methoxy groups -OCH3 is 1. The van der Waals surface area contributed by atoms with Gasteiger partial charge in [-0.05, 0) is 59.7 Å². The molecule has 9 heteroatoms. The van der Waals surface area contributed by atoms with E-state index in [1.807, 2.05) is 24.3 Å². The predicted molar refractivity (Wildman–Crippen MR) is 115 cm³/mol. The first kappa shape index (κ1) is 21.5. The molecule has 0 aromatic heterocycles. The van der Waals surface area contributed by atoms with Crippen molar-refractivity contribution in [3.05, 3.63) is 78.6 Å². The highest BCUT2D eigenvalue weighted by Gasteiger charge is 2.44. The lowest BCUT2D eigenvalue weighted by atomic mass is 10.1. The van der Waals surface area contributed by atoms with Crippen LogP contribution in [-0.4, -0.2) is 46.6 Å². The highest BCUT2D eigenvalue weighted by molar-refractivity contribution is 7.92. The maximum Gasteiger partial charge on any atom is 0.243 e. The Morgan fingerprint density at radius 1 is 0.774 bits per heavy atom. The molecule has 4 rings (SSSR count). The molecule has 1 fully saturated rings. The average molecular weight is 462 g/mol. The van der Waals surface area contributed by atoms with E-state index in [9.17, 15) is 21.2 Å². The fourth-order valence-corrected chi connectivity index (χ4v) is 6.73. The summed E-state index contributed by atoms with van der Waals surface area (Å²) in [6.45, 7) is -0.273. The van der Waals surface area contributed by atoms with E-state index in [4.69, 9.17) is 4.74 Å². The van der Waals surface area contributed by atoms with Crippen LogP contribution in [0, 0.1) is 5.82 Å². The van der Waals surface area contributed by atoms with E-state index >= 15 is 0 Å². The Labute approximate surface area is 180 Å². The monoisotopic (exact) mass is 461 g/mol. The Kier molecular flexibility index (Phi) is 5.59. The van der Waals surface area contributed by atoms with Gasteiger partial charge >= 0.3 is 0 Å². The summed E-state index contributed by atoms with van der Waals surface area (Å²) in [7, 11) is -5.95. The van der Waals surface area contributed by atoms with Crippen LogP contribution in [0.1, 0.15) is 0 Å². The molecule has 162 valence electrons. The van der Waals surface area contributed by atoms with Gasteiger partial charge in [-0.15, -0.1) is 0 Å². The second-order valence-corrected chi connectivity index (χ2v) is 11.4. The van der Waals surface area contributed by atoms with Crippen LogP contribution in [0.4, 0.5) is 4.39 Å². The predicted octanol–water partition coefficient (Wildman–Crippen LogP) is 3.35. The molecule has 1 aliphatic heterocycles. The molecular weight excluding hydrogens is 441 g/mol. The standard InChI is InChI=1S/C22H20FNO5S2/c1-29-19-8-2-16(3-9-19)17-4-10-21(11-5-17)31(27,28)24-14-22(15-24)30(25,26)20-12-6-18(23)7-13-20/h2-13,22H,14-15H2,1H3. The lowest BCUT2D eigenvalue weighted by Crippen LogP contribution is -2.56. The molecule has 3 aromatic rings. The molecule has 1 saturated heterocycles. The molecule has 0 bridgehead atoms. The van der Waals surface area contributed by atoms with Crippen molar-refractivity contribution in [1.82, 2.24) is 4.31 Å².